The molecule has 0 radical (unpaired) electrons. The summed E-state index contributed by atoms with van der Waals surface area (Å²) in [5.41, 5.74) is 3.61. The first-order chi connectivity index (χ1) is 11.0. The van der Waals surface area contributed by atoms with Gasteiger partial charge < -0.3 is 9.88 Å². The molecular formula is C18H21N3OS. The third-order valence-corrected chi connectivity index (χ3v) is 5.80. The molecule has 0 spiro atoms. The van der Waals surface area contributed by atoms with Crippen LogP contribution in [0.15, 0.2) is 24.3 Å². The summed E-state index contributed by atoms with van der Waals surface area (Å²) in [5, 5.41) is 1.92. The van der Waals surface area contributed by atoms with Crippen LogP contribution in [0.5, 0.6) is 0 Å². The van der Waals surface area contributed by atoms with Gasteiger partial charge in [0, 0.05) is 29.1 Å². The van der Waals surface area contributed by atoms with Crippen molar-refractivity contribution in [2.75, 3.05) is 0 Å². The molecule has 1 fully saturated rings. The van der Waals surface area contributed by atoms with Crippen LogP contribution in [0.25, 0.3) is 10.9 Å². The van der Waals surface area contributed by atoms with Crippen molar-refractivity contribution in [3.05, 3.63) is 35.5 Å². The van der Waals surface area contributed by atoms with Crippen molar-refractivity contribution in [1.82, 2.24) is 14.8 Å². The molecule has 23 heavy (non-hydrogen) atoms. The molecule has 0 unspecified atom stereocenters. The molecule has 1 N–H and O–H groups in total. The molecule has 2 aromatic rings. The van der Waals surface area contributed by atoms with Crippen LogP contribution in [0.2, 0.25) is 0 Å². The quantitative estimate of drug-likeness (QED) is 0.860. The van der Waals surface area contributed by atoms with Gasteiger partial charge in [0.2, 0.25) is 0 Å². The lowest BCUT2D eigenvalue weighted by atomic mass is 9.93. The van der Waals surface area contributed by atoms with Crippen LogP contribution in [0.4, 0.5) is 0 Å². The van der Waals surface area contributed by atoms with Gasteiger partial charge in [-0.3, -0.25) is 9.69 Å². The molecule has 4 nitrogen and oxygen atoms in total. The number of H-pyrrole nitrogens is 1. The van der Waals surface area contributed by atoms with Crippen LogP contribution in [0.1, 0.15) is 44.5 Å². The maximum atomic E-state index is 13.0. The Morgan fingerprint density at radius 1 is 1.39 bits per heavy atom. The average molecular weight is 327 g/mol. The fourth-order valence-corrected chi connectivity index (χ4v) is 4.53. The van der Waals surface area contributed by atoms with Gasteiger partial charge in [0.05, 0.1) is 6.04 Å². The van der Waals surface area contributed by atoms with Gasteiger partial charge in [0.1, 0.15) is 6.04 Å². The Morgan fingerprint density at radius 3 is 2.87 bits per heavy atom. The first-order valence-corrected chi connectivity index (χ1v) is 8.70. The van der Waals surface area contributed by atoms with Gasteiger partial charge in [0.25, 0.3) is 5.91 Å². The van der Waals surface area contributed by atoms with Crippen molar-refractivity contribution in [2.45, 2.75) is 51.7 Å². The van der Waals surface area contributed by atoms with Gasteiger partial charge in [-0.15, -0.1) is 0 Å². The van der Waals surface area contributed by atoms with Gasteiger partial charge in [-0.25, -0.2) is 0 Å². The summed E-state index contributed by atoms with van der Waals surface area (Å²) < 4.78 is 0. The first-order valence-electron chi connectivity index (χ1n) is 8.29. The zero-order chi connectivity index (χ0) is 16.3. The number of hydrogen-bond acceptors (Lipinski definition) is 2. The Morgan fingerprint density at radius 2 is 2.13 bits per heavy atom. The summed E-state index contributed by atoms with van der Waals surface area (Å²) in [6.45, 7) is 6.30. The molecule has 3 heterocycles. The van der Waals surface area contributed by atoms with E-state index in [-0.39, 0.29) is 24.0 Å². The van der Waals surface area contributed by atoms with Crippen molar-refractivity contribution < 1.29 is 4.79 Å². The maximum Gasteiger partial charge on any atom is 0.252 e. The number of carbonyl (C=O) groups excluding carboxylic acids is 1. The molecule has 1 saturated heterocycles. The molecule has 2 aliphatic heterocycles. The van der Waals surface area contributed by atoms with Gasteiger partial charge >= 0.3 is 0 Å². The summed E-state index contributed by atoms with van der Waals surface area (Å²) in [7, 11) is 0. The SMILES string of the molecule is CC[C@H](C)N1C(=O)[C@@H]2Cc3c([nH]c4ccccc34)[C@@H](C)N2C1=S. The van der Waals surface area contributed by atoms with Crippen LogP contribution < -0.4 is 0 Å². The molecule has 3 atom stereocenters. The predicted molar refractivity (Wildman–Crippen MR) is 95.2 cm³/mol. The minimum Gasteiger partial charge on any atom is -0.356 e. The van der Waals surface area contributed by atoms with E-state index in [1.165, 1.54) is 16.6 Å². The number of nitrogens with zero attached hydrogens (tertiary/aromatic N) is 2. The van der Waals surface area contributed by atoms with Crippen molar-refractivity contribution in [3.63, 3.8) is 0 Å². The minimum atomic E-state index is -0.154. The first kappa shape index (κ1) is 14.7. The van der Waals surface area contributed by atoms with Gasteiger partial charge in [-0.1, -0.05) is 25.1 Å². The number of nitrogens with one attached hydrogen (secondary N) is 1. The number of hydrogen-bond donors (Lipinski definition) is 1. The highest BCUT2D eigenvalue weighted by Crippen LogP contribution is 2.41. The predicted octanol–water partition coefficient (Wildman–Crippen LogP) is 3.38. The second-order valence-corrected chi connectivity index (χ2v) is 6.98. The average Bonchev–Trinajstić information content (AvgIpc) is 3.04. The lowest BCUT2D eigenvalue weighted by molar-refractivity contribution is -0.129. The van der Waals surface area contributed by atoms with Crippen LogP contribution in [0, 0.1) is 0 Å². The van der Waals surface area contributed by atoms with Crippen molar-refractivity contribution >= 4 is 34.1 Å². The third-order valence-electron chi connectivity index (χ3n) is 5.40. The Hall–Kier alpha value is -1.88. The molecular weight excluding hydrogens is 306 g/mol. The van der Waals surface area contributed by atoms with E-state index in [9.17, 15) is 4.79 Å². The van der Waals surface area contributed by atoms with Gasteiger partial charge in [-0.2, -0.15) is 0 Å². The molecule has 2 aliphatic rings. The number of thiocarbonyl (C=S) groups is 1. The number of aromatic amines is 1. The number of para-hydroxylation sites is 1. The Kier molecular flexibility index (Phi) is 3.23. The molecule has 0 aliphatic carbocycles. The van der Waals surface area contributed by atoms with Crippen LogP contribution in [0.3, 0.4) is 0 Å². The zero-order valence-electron chi connectivity index (χ0n) is 13.7. The van der Waals surface area contributed by atoms with E-state index < -0.39 is 0 Å². The molecule has 0 saturated carbocycles. The summed E-state index contributed by atoms with van der Waals surface area (Å²) in [4.78, 5) is 20.4. The largest absolute Gasteiger partial charge is 0.356 e. The van der Waals surface area contributed by atoms with E-state index in [1.807, 2.05) is 11.0 Å². The number of carbonyl (C=O) groups is 1. The molecule has 1 aromatic heterocycles. The maximum absolute atomic E-state index is 13.0. The van der Waals surface area contributed by atoms with Crippen LogP contribution in [-0.4, -0.2) is 37.9 Å². The Labute approximate surface area is 141 Å². The number of benzene rings is 1. The topological polar surface area (TPSA) is 39.3 Å². The van der Waals surface area contributed by atoms with Gasteiger partial charge in [-0.05, 0) is 44.1 Å². The van der Waals surface area contributed by atoms with Gasteiger partial charge in [0.15, 0.2) is 5.11 Å². The van der Waals surface area contributed by atoms with Crippen LogP contribution >= 0.6 is 12.2 Å². The summed E-state index contributed by atoms with van der Waals surface area (Å²) >= 11 is 5.66. The summed E-state index contributed by atoms with van der Waals surface area (Å²) in [6, 6.07) is 8.42. The van der Waals surface area contributed by atoms with E-state index in [0.29, 0.717) is 5.11 Å². The minimum absolute atomic E-state index is 0.0988. The number of fused-ring (bicyclic) bond motifs is 4. The van der Waals surface area contributed by atoms with E-state index in [0.717, 1.165) is 18.4 Å². The molecule has 1 amide bonds. The lowest BCUT2D eigenvalue weighted by Crippen LogP contribution is -2.42. The highest BCUT2D eigenvalue weighted by molar-refractivity contribution is 7.80. The lowest BCUT2D eigenvalue weighted by Gasteiger charge is -2.35. The van der Waals surface area contributed by atoms with Crippen LogP contribution in [-0.2, 0) is 11.2 Å². The van der Waals surface area contributed by atoms with E-state index in [4.69, 9.17) is 12.2 Å². The smallest absolute Gasteiger partial charge is 0.252 e. The van der Waals surface area contributed by atoms with E-state index in [1.54, 1.807) is 0 Å². The number of amides is 1. The summed E-state index contributed by atoms with van der Waals surface area (Å²) in [5.74, 6) is 0.159. The normalized spacial score (nSPS) is 25.0. The molecule has 4 rings (SSSR count). The van der Waals surface area contributed by atoms with Crippen molar-refractivity contribution in [1.29, 1.82) is 0 Å². The van der Waals surface area contributed by atoms with Crippen molar-refractivity contribution in [3.8, 4) is 0 Å². The monoisotopic (exact) mass is 327 g/mol. The van der Waals surface area contributed by atoms with Crippen molar-refractivity contribution in [2.24, 2.45) is 0 Å². The van der Waals surface area contributed by atoms with E-state index in [2.05, 4.69) is 48.9 Å². The highest BCUT2D eigenvalue weighted by atomic mass is 32.1. The highest BCUT2D eigenvalue weighted by Gasteiger charge is 2.49. The Balaban J connectivity index is 1.81. The Bertz CT molecular complexity index is 812. The number of rotatable bonds is 2. The fourth-order valence-electron chi connectivity index (χ4n) is 3.97. The molecule has 0 bridgehead atoms. The second kappa shape index (κ2) is 5.06. The summed E-state index contributed by atoms with van der Waals surface area (Å²) in [6.07, 6.45) is 1.64. The standard InChI is InChI=1S/C18H21N3OS/c1-4-10(2)20-17(22)15-9-13-12-7-5-6-8-14(12)19-16(13)11(3)21(15)18(20)23/h5-8,10-11,15,19H,4,9H2,1-3H3/t10-,11+,15-/m0/s1. The number of aromatic nitrogens is 1. The fraction of sp³-hybridized carbons (Fsp3) is 0.444. The third kappa shape index (κ3) is 1.89. The molecule has 1 aromatic carbocycles. The molecule has 120 valence electrons. The zero-order valence-corrected chi connectivity index (χ0v) is 14.5. The van der Waals surface area contributed by atoms with E-state index >= 15 is 0 Å². The molecule has 5 heteroatoms. The second-order valence-electron chi connectivity index (χ2n) is 6.61.